The van der Waals surface area contributed by atoms with Crippen LogP contribution in [0.3, 0.4) is 0 Å². The highest BCUT2D eigenvalue weighted by atomic mass is 32.2. The van der Waals surface area contributed by atoms with Crippen molar-refractivity contribution in [3.05, 3.63) is 59.7 Å². The van der Waals surface area contributed by atoms with Crippen LogP contribution in [0.5, 0.6) is 0 Å². The number of sulfonamides is 2. The number of carbonyl (C=O) groups excluding carboxylic acids is 1. The van der Waals surface area contributed by atoms with Crippen LogP contribution in [0.4, 0.5) is 0 Å². The average molecular weight is 480 g/mol. The molecular formula is C22H29N3O5S2. The Labute approximate surface area is 190 Å². The number of benzene rings is 2. The van der Waals surface area contributed by atoms with Crippen LogP contribution in [0, 0.1) is 12.8 Å². The SMILES string of the molecule is Cc1ccc(S(=O)(=O)N2CCC(C(=O)NCc3ccc(S(=O)(=O)N(C)C)cc3)CC2)cc1. The molecule has 1 aliphatic heterocycles. The third-order valence-electron chi connectivity index (χ3n) is 5.65. The zero-order valence-electron chi connectivity index (χ0n) is 18.5. The Balaban J connectivity index is 1.53. The summed E-state index contributed by atoms with van der Waals surface area (Å²) in [6, 6.07) is 13.2. The van der Waals surface area contributed by atoms with Crippen LogP contribution in [0.2, 0.25) is 0 Å². The first-order valence-electron chi connectivity index (χ1n) is 10.4. The fourth-order valence-electron chi connectivity index (χ4n) is 3.54. The van der Waals surface area contributed by atoms with Crippen LogP contribution < -0.4 is 5.32 Å². The summed E-state index contributed by atoms with van der Waals surface area (Å²) in [5, 5.41) is 2.87. The van der Waals surface area contributed by atoms with Gasteiger partial charge in [0.25, 0.3) is 0 Å². The summed E-state index contributed by atoms with van der Waals surface area (Å²) in [4.78, 5) is 13.0. The quantitative estimate of drug-likeness (QED) is 0.654. The van der Waals surface area contributed by atoms with Gasteiger partial charge in [-0.25, -0.2) is 21.1 Å². The van der Waals surface area contributed by atoms with Gasteiger partial charge in [0, 0.05) is 39.6 Å². The van der Waals surface area contributed by atoms with E-state index in [4.69, 9.17) is 0 Å². The molecule has 1 aliphatic rings. The lowest BCUT2D eigenvalue weighted by atomic mass is 9.97. The van der Waals surface area contributed by atoms with Crippen molar-refractivity contribution >= 4 is 26.0 Å². The van der Waals surface area contributed by atoms with Crippen molar-refractivity contribution in [3.8, 4) is 0 Å². The number of hydrogen-bond acceptors (Lipinski definition) is 5. The largest absolute Gasteiger partial charge is 0.352 e. The van der Waals surface area contributed by atoms with Gasteiger partial charge in [0.05, 0.1) is 9.79 Å². The molecule has 0 spiro atoms. The summed E-state index contributed by atoms with van der Waals surface area (Å²) < 4.78 is 52.5. The highest BCUT2D eigenvalue weighted by Gasteiger charge is 2.32. The van der Waals surface area contributed by atoms with Gasteiger partial charge in [-0.2, -0.15) is 4.31 Å². The summed E-state index contributed by atoms with van der Waals surface area (Å²) in [7, 11) is -4.10. The average Bonchev–Trinajstić information content (AvgIpc) is 2.78. The molecule has 32 heavy (non-hydrogen) atoms. The molecule has 0 aromatic heterocycles. The Morgan fingerprint density at radius 1 is 0.938 bits per heavy atom. The summed E-state index contributed by atoms with van der Waals surface area (Å²) in [5.41, 5.74) is 1.78. The van der Waals surface area contributed by atoms with Crippen LogP contribution in [0.25, 0.3) is 0 Å². The van der Waals surface area contributed by atoms with Gasteiger partial charge in [0.1, 0.15) is 0 Å². The number of carbonyl (C=O) groups is 1. The lowest BCUT2D eigenvalue weighted by Gasteiger charge is -2.30. The van der Waals surface area contributed by atoms with Gasteiger partial charge in [-0.3, -0.25) is 4.79 Å². The minimum Gasteiger partial charge on any atom is -0.352 e. The third-order valence-corrected chi connectivity index (χ3v) is 9.39. The van der Waals surface area contributed by atoms with Crippen LogP contribution in [-0.4, -0.2) is 58.5 Å². The van der Waals surface area contributed by atoms with E-state index in [1.165, 1.54) is 30.5 Å². The second-order valence-electron chi connectivity index (χ2n) is 8.14. The topological polar surface area (TPSA) is 104 Å². The molecule has 174 valence electrons. The lowest BCUT2D eigenvalue weighted by Crippen LogP contribution is -2.42. The van der Waals surface area contributed by atoms with Gasteiger partial charge in [0.15, 0.2) is 0 Å². The molecule has 2 aromatic rings. The second kappa shape index (κ2) is 9.70. The zero-order valence-corrected chi connectivity index (χ0v) is 20.1. The number of piperidine rings is 1. The van der Waals surface area contributed by atoms with Gasteiger partial charge in [-0.1, -0.05) is 29.8 Å². The first-order chi connectivity index (χ1) is 15.0. The molecule has 3 rings (SSSR count). The molecule has 1 fully saturated rings. The van der Waals surface area contributed by atoms with Crippen molar-refractivity contribution in [2.45, 2.75) is 36.1 Å². The molecule has 0 saturated carbocycles. The van der Waals surface area contributed by atoms with E-state index < -0.39 is 20.0 Å². The zero-order chi connectivity index (χ0) is 23.5. The van der Waals surface area contributed by atoms with Crippen molar-refractivity contribution in [1.82, 2.24) is 13.9 Å². The van der Waals surface area contributed by atoms with E-state index in [1.807, 2.05) is 6.92 Å². The van der Waals surface area contributed by atoms with Crippen LogP contribution in [0.15, 0.2) is 58.3 Å². The fraction of sp³-hybridized carbons (Fsp3) is 0.409. The molecule has 1 amide bonds. The Morgan fingerprint density at radius 3 is 2.00 bits per heavy atom. The number of hydrogen-bond donors (Lipinski definition) is 1. The van der Waals surface area contributed by atoms with E-state index in [2.05, 4.69) is 5.32 Å². The Bertz CT molecular complexity index is 1150. The van der Waals surface area contributed by atoms with Crippen molar-refractivity contribution in [1.29, 1.82) is 0 Å². The highest BCUT2D eigenvalue weighted by Crippen LogP contribution is 2.24. The Kier molecular flexibility index (Phi) is 7.39. The van der Waals surface area contributed by atoms with Crippen molar-refractivity contribution in [2.75, 3.05) is 27.2 Å². The highest BCUT2D eigenvalue weighted by molar-refractivity contribution is 7.89. The molecule has 0 bridgehead atoms. The van der Waals surface area contributed by atoms with Gasteiger partial charge in [-0.05, 0) is 49.6 Å². The van der Waals surface area contributed by atoms with Gasteiger partial charge in [-0.15, -0.1) is 0 Å². The van der Waals surface area contributed by atoms with E-state index in [1.54, 1.807) is 36.4 Å². The van der Waals surface area contributed by atoms with E-state index in [0.29, 0.717) is 25.9 Å². The van der Waals surface area contributed by atoms with E-state index >= 15 is 0 Å². The minimum absolute atomic E-state index is 0.123. The van der Waals surface area contributed by atoms with Crippen molar-refractivity contribution in [2.24, 2.45) is 5.92 Å². The molecule has 0 unspecified atom stereocenters. The van der Waals surface area contributed by atoms with Crippen LogP contribution in [-0.2, 0) is 31.4 Å². The van der Waals surface area contributed by atoms with Gasteiger partial charge in [0.2, 0.25) is 26.0 Å². The van der Waals surface area contributed by atoms with E-state index in [9.17, 15) is 21.6 Å². The second-order valence-corrected chi connectivity index (χ2v) is 12.2. The number of nitrogens with one attached hydrogen (secondary N) is 1. The number of rotatable bonds is 7. The molecule has 1 saturated heterocycles. The summed E-state index contributed by atoms with van der Waals surface area (Å²) >= 11 is 0. The third kappa shape index (κ3) is 5.37. The maximum Gasteiger partial charge on any atom is 0.243 e. The maximum atomic E-state index is 12.8. The number of nitrogens with zero attached hydrogens (tertiary/aromatic N) is 2. The lowest BCUT2D eigenvalue weighted by molar-refractivity contribution is -0.126. The van der Waals surface area contributed by atoms with Gasteiger partial charge < -0.3 is 5.32 Å². The number of aryl methyl sites for hydroxylation is 1. The summed E-state index contributed by atoms with van der Waals surface area (Å²) in [5.74, 6) is -0.379. The Morgan fingerprint density at radius 2 is 1.47 bits per heavy atom. The molecule has 1 heterocycles. The van der Waals surface area contributed by atoms with Crippen molar-refractivity contribution < 1.29 is 21.6 Å². The van der Waals surface area contributed by atoms with E-state index in [0.717, 1.165) is 15.4 Å². The van der Waals surface area contributed by atoms with E-state index in [-0.39, 0.29) is 28.2 Å². The van der Waals surface area contributed by atoms with Crippen LogP contribution >= 0.6 is 0 Å². The molecule has 0 atom stereocenters. The molecular weight excluding hydrogens is 450 g/mol. The smallest absolute Gasteiger partial charge is 0.243 e. The fourth-order valence-corrected chi connectivity index (χ4v) is 5.91. The Hall–Kier alpha value is -2.27. The van der Waals surface area contributed by atoms with Crippen LogP contribution in [0.1, 0.15) is 24.0 Å². The van der Waals surface area contributed by atoms with Gasteiger partial charge >= 0.3 is 0 Å². The molecule has 10 heteroatoms. The predicted octanol–water partition coefficient (Wildman–Crippen LogP) is 1.96. The van der Waals surface area contributed by atoms with Crippen molar-refractivity contribution in [3.63, 3.8) is 0 Å². The molecule has 8 nitrogen and oxygen atoms in total. The molecule has 0 radical (unpaired) electrons. The first kappa shape index (κ1) is 24.4. The predicted molar refractivity (Wildman–Crippen MR) is 122 cm³/mol. The monoisotopic (exact) mass is 479 g/mol. The maximum absolute atomic E-state index is 12.8. The number of amides is 1. The summed E-state index contributed by atoms with van der Waals surface area (Å²) in [6.07, 6.45) is 0.911. The molecule has 2 aromatic carbocycles. The first-order valence-corrected chi connectivity index (χ1v) is 13.3. The summed E-state index contributed by atoms with van der Waals surface area (Å²) in [6.45, 7) is 2.78. The molecule has 1 N–H and O–H groups in total. The minimum atomic E-state index is -3.56. The molecule has 0 aliphatic carbocycles. The normalized spacial score (nSPS) is 16.2. The standard InChI is InChI=1S/C22H29N3O5S2/c1-17-4-8-21(9-5-17)32(29,30)25-14-12-19(13-15-25)22(26)23-16-18-6-10-20(11-7-18)31(27,28)24(2)3/h4-11,19H,12-16H2,1-3H3,(H,23,26).